The summed E-state index contributed by atoms with van der Waals surface area (Å²) in [4.78, 5) is 12.2. The topological polar surface area (TPSA) is 72.1 Å². The van der Waals surface area contributed by atoms with Gasteiger partial charge in [-0.15, -0.1) is 0 Å². The van der Waals surface area contributed by atoms with Crippen molar-refractivity contribution in [1.29, 1.82) is 0 Å². The molecule has 6 nitrogen and oxygen atoms in total. The van der Waals surface area contributed by atoms with Gasteiger partial charge in [0.05, 0.1) is 18.1 Å². The van der Waals surface area contributed by atoms with Crippen LogP contribution in [0, 0.1) is 5.82 Å². The molecule has 33 heavy (non-hydrogen) atoms. The lowest BCUT2D eigenvalue weighted by atomic mass is 10.1. The molecule has 2 N–H and O–H groups in total. The Morgan fingerprint density at radius 3 is 2.73 bits per heavy atom. The number of benzene rings is 2. The summed E-state index contributed by atoms with van der Waals surface area (Å²) in [6.45, 7) is 3.61. The number of amides is 1. The van der Waals surface area contributed by atoms with E-state index in [-0.39, 0.29) is 18.0 Å². The lowest BCUT2D eigenvalue weighted by Gasteiger charge is -2.11. The van der Waals surface area contributed by atoms with Crippen molar-refractivity contribution in [3.05, 3.63) is 90.4 Å². The van der Waals surface area contributed by atoms with E-state index in [9.17, 15) is 9.18 Å². The number of nitrogens with zero attached hydrogens (tertiary/aromatic N) is 2. The number of hydrogen-bond donors (Lipinski definition) is 2. The number of rotatable bonds is 10. The van der Waals surface area contributed by atoms with Crippen LogP contribution < -0.4 is 10.6 Å². The molecule has 0 atom stereocenters. The van der Waals surface area contributed by atoms with Gasteiger partial charge in [0, 0.05) is 43.4 Å². The molecule has 0 unspecified atom stereocenters. The van der Waals surface area contributed by atoms with Gasteiger partial charge in [0.1, 0.15) is 11.6 Å². The first kappa shape index (κ1) is 22.3. The summed E-state index contributed by atoms with van der Waals surface area (Å²) in [5.41, 5.74) is 4.18. The van der Waals surface area contributed by atoms with E-state index in [1.807, 2.05) is 16.9 Å². The van der Waals surface area contributed by atoms with Crippen molar-refractivity contribution in [2.45, 2.75) is 39.3 Å². The molecular weight excluding hydrogens is 419 g/mol. The standard InChI is InChI=1S/C26H27FN4O2/c1-2-13-31-18-21(17-29-31)20-7-5-19(6-8-20)16-28-22-9-11-24(27)25(15-22)30-26(32)12-10-23-4-3-14-33-23/h3-9,11,14-15,17-18,28H,2,10,12-13,16H2,1H3,(H,30,32). The summed E-state index contributed by atoms with van der Waals surface area (Å²) in [7, 11) is 0. The lowest BCUT2D eigenvalue weighted by Crippen LogP contribution is -2.13. The van der Waals surface area contributed by atoms with Gasteiger partial charge in [-0.3, -0.25) is 9.48 Å². The molecule has 0 aliphatic carbocycles. The Balaban J connectivity index is 1.32. The first-order chi connectivity index (χ1) is 16.1. The summed E-state index contributed by atoms with van der Waals surface area (Å²) < 4.78 is 21.4. The van der Waals surface area contributed by atoms with Crippen LogP contribution in [0.3, 0.4) is 0 Å². The number of aryl methyl sites for hydroxylation is 2. The predicted octanol–water partition coefficient (Wildman–Crippen LogP) is 5.88. The minimum Gasteiger partial charge on any atom is -0.469 e. The van der Waals surface area contributed by atoms with Crippen molar-refractivity contribution in [2.24, 2.45) is 0 Å². The summed E-state index contributed by atoms with van der Waals surface area (Å²) in [5, 5.41) is 10.3. The van der Waals surface area contributed by atoms with Crippen LogP contribution >= 0.6 is 0 Å². The van der Waals surface area contributed by atoms with Crippen molar-refractivity contribution >= 4 is 17.3 Å². The second-order valence-electron chi connectivity index (χ2n) is 7.86. The number of aromatic nitrogens is 2. The maximum absolute atomic E-state index is 14.2. The zero-order chi connectivity index (χ0) is 23.0. The Morgan fingerprint density at radius 1 is 1.12 bits per heavy atom. The van der Waals surface area contributed by atoms with E-state index in [0.717, 1.165) is 41.1 Å². The highest BCUT2D eigenvalue weighted by molar-refractivity contribution is 5.91. The van der Waals surface area contributed by atoms with Gasteiger partial charge >= 0.3 is 0 Å². The third-order valence-electron chi connectivity index (χ3n) is 5.29. The second-order valence-corrected chi connectivity index (χ2v) is 7.86. The van der Waals surface area contributed by atoms with Gasteiger partial charge in [0.25, 0.3) is 0 Å². The molecule has 2 aromatic heterocycles. The molecule has 0 saturated carbocycles. The van der Waals surface area contributed by atoms with Gasteiger partial charge in [-0.2, -0.15) is 5.10 Å². The normalized spacial score (nSPS) is 10.8. The average Bonchev–Trinajstić information content (AvgIpc) is 3.51. The van der Waals surface area contributed by atoms with Crippen LogP contribution in [0.5, 0.6) is 0 Å². The number of carbonyl (C=O) groups excluding carboxylic acids is 1. The monoisotopic (exact) mass is 446 g/mol. The van der Waals surface area contributed by atoms with E-state index in [1.54, 1.807) is 24.5 Å². The summed E-state index contributed by atoms with van der Waals surface area (Å²) in [6.07, 6.45) is 7.23. The predicted molar refractivity (Wildman–Crippen MR) is 127 cm³/mol. The van der Waals surface area contributed by atoms with Crippen LogP contribution in [-0.2, 0) is 24.3 Å². The van der Waals surface area contributed by atoms with Gasteiger partial charge < -0.3 is 15.1 Å². The van der Waals surface area contributed by atoms with Crippen LogP contribution in [0.15, 0.2) is 77.7 Å². The average molecular weight is 447 g/mol. The van der Waals surface area contributed by atoms with Crippen molar-refractivity contribution in [3.63, 3.8) is 0 Å². The van der Waals surface area contributed by atoms with Gasteiger partial charge in [-0.05, 0) is 47.9 Å². The van der Waals surface area contributed by atoms with Crippen LogP contribution in [0.2, 0.25) is 0 Å². The maximum Gasteiger partial charge on any atom is 0.224 e. The van der Waals surface area contributed by atoms with Gasteiger partial charge in [0.15, 0.2) is 0 Å². The summed E-state index contributed by atoms with van der Waals surface area (Å²) in [6, 6.07) is 16.4. The lowest BCUT2D eigenvalue weighted by molar-refractivity contribution is -0.116. The number of furan rings is 1. The third-order valence-corrected chi connectivity index (χ3v) is 5.29. The highest BCUT2D eigenvalue weighted by atomic mass is 19.1. The summed E-state index contributed by atoms with van der Waals surface area (Å²) in [5.74, 6) is -0.0120. The van der Waals surface area contributed by atoms with E-state index in [0.29, 0.717) is 13.0 Å². The minimum atomic E-state index is -0.472. The number of nitrogens with one attached hydrogen (secondary N) is 2. The van der Waals surface area contributed by atoms with E-state index in [4.69, 9.17) is 4.42 Å². The minimum absolute atomic E-state index is 0.156. The molecule has 4 rings (SSSR count). The fourth-order valence-corrected chi connectivity index (χ4v) is 3.52. The fraction of sp³-hybridized carbons (Fsp3) is 0.231. The molecule has 0 aliphatic heterocycles. The van der Waals surface area contributed by atoms with Crippen LogP contribution in [0.1, 0.15) is 31.1 Å². The Labute approximate surface area is 192 Å². The zero-order valence-corrected chi connectivity index (χ0v) is 18.6. The molecule has 2 aromatic carbocycles. The van der Waals surface area contributed by atoms with Crippen LogP contribution in [0.4, 0.5) is 15.8 Å². The molecule has 7 heteroatoms. The Hall–Kier alpha value is -3.87. The number of hydrogen-bond acceptors (Lipinski definition) is 4. The first-order valence-corrected chi connectivity index (χ1v) is 11.1. The fourth-order valence-electron chi connectivity index (χ4n) is 3.52. The van der Waals surface area contributed by atoms with E-state index >= 15 is 0 Å². The molecule has 4 aromatic rings. The molecular formula is C26H27FN4O2. The SMILES string of the molecule is CCCn1cc(-c2ccc(CNc3ccc(F)c(NC(=O)CCc4ccco4)c3)cc2)cn1. The van der Waals surface area contributed by atoms with Crippen molar-refractivity contribution in [2.75, 3.05) is 10.6 Å². The molecule has 0 fully saturated rings. The molecule has 0 bridgehead atoms. The molecule has 0 aliphatic rings. The molecule has 0 saturated heterocycles. The smallest absolute Gasteiger partial charge is 0.224 e. The van der Waals surface area contributed by atoms with E-state index < -0.39 is 5.82 Å². The highest BCUT2D eigenvalue weighted by Gasteiger charge is 2.10. The first-order valence-electron chi connectivity index (χ1n) is 11.1. The third kappa shape index (κ3) is 6.10. The maximum atomic E-state index is 14.2. The molecule has 0 radical (unpaired) electrons. The zero-order valence-electron chi connectivity index (χ0n) is 18.6. The molecule has 0 spiro atoms. The van der Waals surface area contributed by atoms with Gasteiger partial charge in [0.2, 0.25) is 5.91 Å². The van der Waals surface area contributed by atoms with E-state index in [1.165, 1.54) is 6.07 Å². The van der Waals surface area contributed by atoms with Crippen molar-refractivity contribution < 1.29 is 13.6 Å². The molecule has 2 heterocycles. The Bertz CT molecular complexity index is 1180. The Morgan fingerprint density at radius 2 is 1.97 bits per heavy atom. The number of anilines is 2. The highest BCUT2D eigenvalue weighted by Crippen LogP contribution is 2.22. The van der Waals surface area contributed by atoms with Crippen LogP contribution in [0.25, 0.3) is 11.1 Å². The van der Waals surface area contributed by atoms with Gasteiger partial charge in [-0.1, -0.05) is 31.2 Å². The Kier molecular flexibility index (Phi) is 7.19. The molecule has 1 amide bonds. The van der Waals surface area contributed by atoms with Gasteiger partial charge in [-0.25, -0.2) is 4.39 Å². The number of carbonyl (C=O) groups is 1. The molecule has 170 valence electrons. The van der Waals surface area contributed by atoms with Crippen molar-refractivity contribution in [3.8, 4) is 11.1 Å². The second kappa shape index (κ2) is 10.6. The van der Waals surface area contributed by atoms with Crippen LogP contribution in [-0.4, -0.2) is 15.7 Å². The van der Waals surface area contributed by atoms with Crippen molar-refractivity contribution in [1.82, 2.24) is 9.78 Å². The van der Waals surface area contributed by atoms with E-state index in [2.05, 4.69) is 53.1 Å². The summed E-state index contributed by atoms with van der Waals surface area (Å²) >= 11 is 0. The largest absolute Gasteiger partial charge is 0.469 e. The number of halogens is 1. The quantitative estimate of drug-likeness (QED) is 0.319.